The molecule has 6 nitrogen and oxygen atoms in total. The van der Waals surface area contributed by atoms with Gasteiger partial charge in [0.2, 0.25) is 0 Å². The maximum atomic E-state index is 14.7. The van der Waals surface area contributed by atoms with Gasteiger partial charge in [0.1, 0.15) is 17.8 Å². The van der Waals surface area contributed by atoms with E-state index in [1.165, 1.54) is 35.9 Å². The van der Waals surface area contributed by atoms with E-state index in [-0.39, 0.29) is 23.0 Å². The number of benzene rings is 1. The van der Waals surface area contributed by atoms with E-state index in [0.29, 0.717) is 41.2 Å². The van der Waals surface area contributed by atoms with Crippen LogP contribution in [0.3, 0.4) is 0 Å². The van der Waals surface area contributed by atoms with E-state index in [2.05, 4.69) is 16.0 Å². The molecule has 3 aliphatic rings. The SMILES string of the molecule is C[C@@H](Cc1ncnc2c1cc(C1(C#N)CC3(CSC3)C1)c(=O)n2C)c1cccc(C(F)F)c1F.NC1CC1. The molecule has 2 aromatic heterocycles. The summed E-state index contributed by atoms with van der Waals surface area (Å²) in [5, 5.41) is 10.7. The van der Waals surface area contributed by atoms with Gasteiger partial charge in [-0.15, -0.1) is 0 Å². The van der Waals surface area contributed by atoms with Gasteiger partial charge >= 0.3 is 0 Å². The van der Waals surface area contributed by atoms with Crippen molar-refractivity contribution in [2.45, 2.75) is 62.8 Å². The first-order valence-corrected chi connectivity index (χ1v) is 13.9. The number of alkyl halides is 2. The molecule has 0 amide bonds. The highest BCUT2D eigenvalue weighted by Gasteiger charge is 2.59. The molecule has 3 aromatic rings. The number of rotatable bonds is 5. The third-order valence-corrected chi connectivity index (χ3v) is 9.57. The predicted molar refractivity (Wildman–Crippen MR) is 142 cm³/mol. The first-order valence-electron chi connectivity index (χ1n) is 12.7. The van der Waals surface area contributed by atoms with E-state index in [1.54, 1.807) is 20.0 Å². The van der Waals surface area contributed by atoms with Crippen LogP contribution in [0.4, 0.5) is 13.2 Å². The summed E-state index contributed by atoms with van der Waals surface area (Å²) in [5.74, 6) is 0.679. The average molecular weight is 542 g/mol. The maximum absolute atomic E-state index is 14.7. The lowest BCUT2D eigenvalue weighted by Crippen LogP contribution is -2.57. The van der Waals surface area contributed by atoms with Gasteiger partial charge < -0.3 is 5.73 Å². The second-order valence-electron chi connectivity index (χ2n) is 11.0. The molecule has 200 valence electrons. The number of aryl methyl sites for hydroxylation is 1. The van der Waals surface area contributed by atoms with Crippen molar-refractivity contribution in [2.24, 2.45) is 18.2 Å². The number of aromatic nitrogens is 3. The summed E-state index contributed by atoms with van der Waals surface area (Å²) in [4.78, 5) is 21.9. The van der Waals surface area contributed by atoms with Crippen molar-refractivity contribution in [3.05, 3.63) is 69.1 Å². The molecule has 0 bridgehead atoms. The molecule has 38 heavy (non-hydrogen) atoms. The molecule has 1 aromatic carbocycles. The number of nitrogens with two attached hydrogens (primary N) is 1. The monoisotopic (exact) mass is 541 g/mol. The van der Waals surface area contributed by atoms with Crippen molar-refractivity contribution in [2.75, 3.05) is 11.5 Å². The summed E-state index contributed by atoms with van der Waals surface area (Å²) < 4.78 is 42.5. The minimum atomic E-state index is -2.90. The summed E-state index contributed by atoms with van der Waals surface area (Å²) in [6.45, 7) is 1.76. The smallest absolute Gasteiger partial charge is 0.266 e. The second-order valence-corrected chi connectivity index (χ2v) is 12.0. The lowest BCUT2D eigenvalue weighted by molar-refractivity contribution is 0.0969. The third kappa shape index (κ3) is 4.71. The molecular weight excluding hydrogens is 511 g/mol. The molecule has 1 aliphatic heterocycles. The average Bonchev–Trinajstić information content (AvgIpc) is 3.63. The van der Waals surface area contributed by atoms with Crippen LogP contribution in [0.1, 0.15) is 67.3 Å². The van der Waals surface area contributed by atoms with Gasteiger partial charge in [-0.2, -0.15) is 17.0 Å². The standard InChI is InChI=1S/C25H23F3N4OS.C3H7N/c1-14(15-4-3-5-16(20(15)26)21(27)28)6-19-17-7-18(23(33)32(2)22(17)31-13-30-19)25(10-29)8-24(9-25)11-34-12-24;4-3-1-2-3/h3-5,7,13-14,21H,6,8-9,11-12H2,1-2H3;3H,1-2,4H2/t14-;/m0./s1. The molecule has 2 aliphatic carbocycles. The van der Waals surface area contributed by atoms with Crippen LogP contribution in [0, 0.1) is 22.6 Å². The zero-order valence-corrected chi connectivity index (χ0v) is 22.2. The van der Waals surface area contributed by atoms with Gasteiger partial charge in [0, 0.05) is 24.0 Å². The van der Waals surface area contributed by atoms with Crippen LogP contribution in [0.5, 0.6) is 0 Å². The molecule has 6 rings (SSSR count). The fraction of sp³-hybridized carbons (Fsp3) is 0.500. The third-order valence-electron chi connectivity index (χ3n) is 7.93. The van der Waals surface area contributed by atoms with Crippen LogP contribution in [-0.4, -0.2) is 32.1 Å². The lowest BCUT2D eigenvalue weighted by Gasteiger charge is -2.57. The fourth-order valence-electron chi connectivity index (χ4n) is 5.59. The number of fused-ring (bicyclic) bond motifs is 1. The van der Waals surface area contributed by atoms with Crippen LogP contribution < -0.4 is 11.3 Å². The molecule has 10 heteroatoms. The molecule has 0 unspecified atom stereocenters. The number of hydrogen-bond donors (Lipinski definition) is 1. The highest BCUT2D eigenvalue weighted by molar-refractivity contribution is 8.00. The predicted octanol–water partition coefficient (Wildman–Crippen LogP) is 5.15. The van der Waals surface area contributed by atoms with E-state index < -0.39 is 29.1 Å². The Hall–Kier alpha value is -2.90. The van der Waals surface area contributed by atoms with Gasteiger partial charge in [0.05, 0.1) is 22.7 Å². The normalized spacial score (nSPS) is 19.7. The van der Waals surface area contributed by atoms with Gasteiger partial charge in [0.15, 0.2) is 0 Å². The van der Waals surface area contributed by atoms with Crippen molar-refractivity contribution in [1.82, 2.24) is 14.5 Å². The number of pyridine rings is 1. The van der Waals surface area contributed by atoms with E-state index in [9.17, 15) is 23.2 Å². The lowest BCUT2D eigenvalue weighted by atomic mass is 9.52. The Balaban J connectivity index is 0.000000673. The summed E-state index contributed by atoms with van der Waals surface area (Å²) >= 11 is 1.86. The second kappa shape index (κ2) is 10.0. The first-order chi connectivity index (χ1) is 18.1. The molecule has 1 atom stereocenters. The molecule has 0 radical (unpaired) electrons. The molecule has 1 spiro atoms. The minimum absolute atomic E-state index is 0.151. The summed E-state index contributed by atoms with van der Waals surface area (Å²) in [6.07, 6.45) is 2.57. The summed E-state index contributed by atoms with van der Waals surface area (Å²) in [5.41, 5.74) is 5.31. The molecule has 1 saturated heterocycles. The van der Waals surface area contributed by atoms with E-state index in [4.69, 9.17) is 5.73 Å². The Morgan fingerprint density at radius 2 is 1.89 bits per heavy atom. The van der Waals surface area contributed by atoms with Crippen LogP contribution in [0.25, 0.3) is 11.0 Å². The van der Waals surface area contributed by atoms with E-state index in [0.717, 1.165) is 17.6 Å². The molecule has 2 saturated carbocycles. The van der Waals surface area contributed by atoms with Gasteiger partial charge in [-0.05, 0) is 66.6 Å². The van der Waals surface area contributed by atoms with Gasteiger partial charge in [0.25, 0.3) is 12.0 Å². The van der Waals surface area contributed by atoms with Crippen molar-refractivity contribution in [3.63, 3.8) is 0 Å². The van der Waals surface area contributed by atoms with Gasteiger partial charge in [-0.1, -0.05) is 25.1 Å². The first kappa shape index (κ1) is 26.7. The summed E-state index contributed by atoms with van der Waals surface area (Å²) in [6, 6.07) is 8.75. The fourth-order valence-corrected chi connectivity index (χ4v) is 6.78. The van der Waals surface area contributed by atoms with Crippen molar-refractivity contribution in [1.29, 1.82) is 5.26 Å². The number of thioether (sulfide) groups is 1. The van der Waals surface area contributed by atoms with E-state index in [1.807, 2.05) is 11.8 Å². The van der Waals surface area contributed by atoms with Crippen LogP contribution >= 0.6 is 11.8 Å². The quantitative estimate of drug-likeness (QED) is 0.480. The number of halogens is 3. The number of nitriles is 1. The Labute approximate surface area is 223 Å². The zero-order chi connectivity index (χ0) is 27.2. The van der Waals surface area contributed by atoms with Crippen molar-refractivity contribution in [3.8, 4) is 6.07 Å². The maximum Gasteiger partial charge on any atom is 0.266 e. The summed E-state index contributed by atoms with van der Waals surface area (Å²) in [7, 11) is 1.62. The molecule has 3 heterocycles. The van der Waals surface area contributed by atoms with E-state index >= 15 is 0 Å². The van der Waals surface area contributed by atoms with Crippen molar-refractivity contribution >= 4 is 22.8 Å². The molecule has 3 fully saturated rings. The van der Waals surface area contributed by atoms with Crippen molar-refractivity contribution < 1.29 is 13.2 Å². The van der Waals surface area contributed by atoms with Crippen LogP contribution in [0.15, 0.2) is 35.4 Å². The van der Waals surface area contributed by atoms with Crippen LogP contribution in [-0.2, 0) is 18.9 Å². The highest BCUT2D eigenvalue weighted by atomic mass is 32.2. The Morgan fingerprint density at radius 1 is 1.24 bits per heavy atom. The van der Waals surface area contributed by atoms with Gasteiger partial charge in [-0.25, -0.2) is 23.1 Å². The Bertz CT molecular complexity index is 1470. The van der Waals surface area contributed by atoms with Gasteiger partial charge in [-0.3, -0.25) is 9.36 Å². The topological polar surface area (TPSA) is 97.6 Å². The Kier molecular flexibility index (Phi) is 7.03. The Morgan fingerprint density at radius 3 is 2.45 bits per heavy atom. The number of hydrogen-bond acceptors (Lipinski definition) is 6. The number of nitrogens with zero attached hydrogens (tertiary/aromatic N) is 4. The molecular formula is C28H30F3N5OS. The minimum Gasteiger partial charge on any atom is -0.328 e. The highest BCUT2D eigenvalue weighted by Crippen LogP contribution is 2.62. The molecule has 2 N–H and O–H groups in total. The zero-order valence-electron chi connectivity index (χ0n) is 21.4. The van der Waals surface area contributed by atoms with Crippen LogP contribution in [0.2, 0.25) is 0 Å². The largest absolute Gasteiger partial charge is 0.328 e.